The van der Waals surface area contributed by atoms with Crippen LogP contribution in [0.2, 0.25) is 0 Å². The van der Waals surface area contributed by atoms with Crippen LogP contribution in [0.25, 0.3) is 0 Å². The Morgan fingerprint density at radius 3 is 1.75 bits per heavy atom. The smallest absolute Gasteiger partial charge is 0.294 e. The van der Waals surface area contributed by atoms with E-state index in [4.69, 9.17) is 5.73 Å². The van der Waals surface area contributed by atoms with Crippen LogP contribution in [0.5, 0.6) is 0 Å². The summed E-state index contributed by atoms with van der Waals surface area (Å²) in [7, 11) is 0. The van der Waals surface area contributed by atoms with Crippen LogP contribution in [0.4, 0.5) is 22.7 Å². The van der Waals surface area contributed by atoms with Crippen LogP contribution < -0.4 is 5.73 Å². The largest absolute Gasteiger partial charge is 0.424 e. The van der Waals surface area contributed by atoms with Crippen molar-refractivity contribution >= 4 is 22.7 Å². The van der Waals surface area contributed by atoms with Crippen molar-refractivity contribution in [3.8, 4) is 0 Å². The maximum Gasteiger partial charge on any atom is 0.424 e. The Hall–Kier alpha value is -2.78. The quantitative estimate of drug-likeness (QED) is 0.560. The number of benzene rings is 1. The van der Waals surface area contributed by atoms with Crippen LogP contribution in [-0.4, -0.2) is 14.8 Å². The second kappa shape index (κ2) is 3.76. The lowest BCUT2D eigenvalue weighted by molar-refractivity contribution is -0.440. The fourth-order valence-electron chi connectivity index (χ4n) is 1.08. The maximum atomic E-state index is 10.5. The van der Waals surface area contributed by atoms with E-state index in [0.717, 1.165) is 6.07 Å². The van der Waals surface area contributed by atoms with Crippen LogP contribution in [0.1, 0.15) is 0 Å². The van der Waals surface area contributed by atoms with E-state index >= 15 is 0 Å². The molecular weight excluding hydrogens is 224 g/mol. The normalized spacial score (nSPS) is 9.75. The van der Waals surface area contributed by atoms with Gasteiger partial charge in [-0.2, -0.15) is 0 Å². The van der Waals surface area contributed by atoms with Crippen molar-refractivity contribution < 1.29 is 14.8 Å². The Balaban J connectivity index is 3.70. The molecule has 83 valence electrons. The van der Waals surface area contributed by atoms with Crippen molar-refractivity contribution in [2.45, 2.75) is 0 Å². The van der Waals surface area contributed by atoms with E-state index in [1.807, 2.05) is 0 Å². The number of nitro benzene ring substituents is 3. The molecule has 10 nitrogen and oxygen atoms in total. The highest BCUT2D eigenvalue weighted by molar-refractivity contribution is 5.75. The Kier molecular flexibility index (Phi) is 2.66. The van der Waals surface area contributed by atoms with Gasteiger partial charge in [-0.3, -0.25) is 36.1 Å². The number of nitrogens with one attached hydrogen (secondary N) is 1. The monoisotopic (exact) mass is 227 g/mol. The molecule has 1 N–H and O–H groups in total. The molecule has 0 aliphatic rings. The van der Waals surface area contributed by atoms with Gasteiger partial charge in [0.05, 0.1) is 14.8 Å². The van der Waals surface area contributed by atoms with E-state index in [0.29, 0.717) is 6.07 Å². The summed E-state index contributed by atoms with van der Waals surface area (Å²) >= 11 is 0. The van der Waals surface area contributed by atoms with Crippen LogP contribution in [0.3, 0.4) is 0 Å². The molecule has 0 aliphatic heterocycles. The molecule has 0 saturated heterocycles. The summed E-state index contributed by atoms with van der Waals surface area (Å²) in [5.41, 5.74) is 2.89. The average molecular weight is 227 g/mol. The van der Waals surface area contributed by atoms with E-state index < -0.39 is 37.5 Å². The highest BCUT2D eigenvalue weighted by Gasteiger charge is 2.38. The van der Waals surface area contributed by atoms with Crippen molar-refractivity contribution in [2.75, 3.05) is 0 Å². The topological polar surface area (TPSA) is 153 Å². The van der Waals surface area contributed by atoms with Gasteiger partial charge in [0.15, 0.2) is 0 Å². The molecule has 1 radical (unpaired) electrons. The number of rotatable bonds is 3. The average Bonchev–Trinajstić information content (AvgIpc) is 2.15. The van der Waals surface area contributed by atoms with Gasteiger partial charge in [-0.05, 0) is 6.07 Å². The molecule has 0 saturated carbocycles. The van der Waals surface area contributed by atoms with Crippen molar-refractivity contribution in [3.05, 3.63) is 42.5 Å². The Labute approximate surface area is 86.7 Å². The van der Waals surface area contributed by atoms with Gasteiger partial charge in [0, 0.05) is 6.07 Å². The number of hydrogen-bond acceptors (Lipinski definition) is 6. The minimum absolute atomic E-state index is 0.688. The molecule has 0 fully saturated rings. The number of nitro groups is 3. The zero-order valence-corrected chi connectivity index (χ0v) is 7.45. The fraction of sp³-hybridized carbons (Fsp3) is 0. The van der Waals surface area contributed by atoms with E-state index in [1.165, 1.54) is 0 Å². The highest BCUT2D eigenvalue weighted by atomic mass is 16.6. The molecule has 1 rings (SSSR count). The zero-order chi connectivity index (χ0) is 12.5. The van der Waals surface area contributed by atoms with Gasteiger partial charge < -0.3 is 0 Å². The summed E-state index contributed by atoms with van der Waals surface area (Å²) < 4.78 is 0. The van der Waals surface area contributed by atoms with Gasteiger partial charge in [-0.15, -0.1) is 0 Å². The van der Waals surface area contributed by atoms with Gasteiger partial charge in [0.2, 0.25) is 0 Å². The SMILES string of the molecule is [NH]c1ccc([N+](=O)[O-])c([N+](=O)[O-])c1[N+](=O)[O-]. The summed E-state index contributed by atoms with van der Waals surface area (Å²) in [6.07, 6.45) is 0. The first-order chi connectivity index (χ1) is 7.36. The molecule has 10 heteroatoms. The Morgan fingerprint density at radius 2 is 1.38 bits per heavy atom. The molecule has 0 aromatic heterocycles. The molecular formula is C6H3N4O6. The molecule has 0 unspecified atom stereocenters. The first kappa shape index (κ1) is 11.3. The third-order valence-electron chi connectivity index (χ3n) is 1.69. The summed E-state index contributed by atoms with van der Waals surface area (Å²) in [6, 6.07) is 1.46. The van der Waals surface area contributed by atoms with E-state index in [9.17, 15) is 30.3 Å². The lowest BCUT2D eigenvalue weighted by Crippen LogP contribution is -2.02. The Morgan fingerprint density at radius 1 is 0.875 bits per heavy atom. The summed E-state index contributed by atoms with van der Waals surface area (Å²) in [5, 5.41) is 31.4. The van der Waals surface area contributed by atoms with Gasteiger partial charge in [0.1, 0.15) is 5.69 Å². The predicted octanol–water partition coefficient (Wildman–Crippen LogP) is 1.33. The van der Waals surface area contributed by atoms with Crippen molar-refractivity contribution in [3.63, 3.8) is 0 Å². The van der Waals surface area contributed by atoms with Crippen LogP contribution in [0.15, 0.2) is 12.1 Å². The lowest BCUT2D eigenvalue weighted by atomic mass is 10.2. The summed E-state index contributed by atoms with van der Waals surface area (Å²) in [5.74, 6) is 0. The first-order valence-corrected chi connectivity index (χ1v) is 3.68. The number of hydrogen-bond donors (Lipinski definition) is 0. The number of nitrogens with zero attached hydrogens (tertiary/aromatic N) is 3. The molecule has 0 bridgehead atoms. The minimum atomic E-state index is -1.28. The van der Waals surface area contributed by atoms with Gasteiger partial charge in [-0.1, -0.05) is 0 Å². The Bertz CT molecular complexity index is 498. The van der Waals surface area contributed by atoms with Crippen molar-refractivity contribution in [1.82, 2.24) is 5.73 Å². The summed E-state index contributed by atoms with van der Waals surface area (Å²) in [4.78, 5) is 27.9. The van der Waals surface area contributed by atoms with Crippen LogP contribution in [0, 0.1) is 30.3 Å². The molecule has 0 aliphatic carbocycles. The molecule has 1 aromatic rings. The third kappa shape index (κ3) is 1.70. The first-order valence-electron chi connectivity index (χ1n) is 3.68. The second-order valence-corrected chi connectivity index (χ2v) is 2.60. The minimum Gasteiger partial charge on any atom is -0.294 e. The van der Waals surface area contributed by atoms with E-state index in [2.05, 4.69) is 0 Å². The molecule has 0 atom stereocenters. The lowest BCUT2D eigenvalue weighted by Gasteiger charge is -1.98. The molecule has 1 aromatic carbocycles. The van der Waals surface area contributed by atoms with E-state index in [1.54, 1.807) is 0 Å². The molecule has 0 spiro atoms. The van der Waals surface area contributed by atoms with Crippen molar-refractivity contribution in [1.29, 1.82) is 0 Å². The maximum absolute atomic E-state index is 10.5. The van der Waals surface area contributed by atoms with Crippen LogP contribution >= 0.6 is 0 Å². The van der Waals surface area contributed by atoms with Gasteiger partial charge in [0.25, 0.3) is 0 Å². The fourth-order valence-corrected chi connectivity index (χ4v) is 1.08. The summed E-state index contributed by atoms with van der Waals surface area (Å²) in [6.45, 7) is 0. The third-order valence-corrected chi connectivity index (χ3v) is 1.69. The van der Waals surface area contributed by atoms with Gasteiger partial charge >= 0.3 is 17.1 Å². The zero-order valence-electron chi connectivity index (χ0n) is 7.45. The second-order valence-electron chi connectivity index (χ2n) is 2.60. The van der Waals surface area contributed by atoms with Gasteiger partial charge in [-0.25, -0.2) is 0 Å². The standard InChI is InChI=1S/C6H3N4O6/c7-3-1-2-4(8(11)12)6(10(15)16)5(3)9(13)14/h1-2,7H. The van der Waals surface area contributed by atoms with Crippen molar-refractivity contribution in [2.24, 2.45) is 0 Å². The van der Waals surface area contributed by atoms with E-state index in [-0.39, 0.29) is 0 Å². The van der Waals surface area contributed by atoms with Crippen LogP contribution in [-0.2, 0) is 0 Å². The molecule has 16 heavy (non-hydrogen) atoms. The highest BCUT2D eigenvalue weighted by Crippen LogP contribution is 2.40. The molecule has 0 amide bonds. The predicted molar refractivity (Wildman–Crippen MR) is 49.2 cm³/mol. The molecule has 0 heterocycles.